The molecule has 2 aromatic rings. The van der Waals surface area contributed by atoms with Crippen molar-refractivity contribution >= 4 is 12.4 Å². The van der Waals surface area contributed by atoms with Gasteiger partial charge in [-0.2, -0.15) is 4.98 Å². The molecule has 1 saturated carbocycles. The van der Waals surface area contributed by atoms with Gasteiger partial charge in [-0.1, -0.05) is 36.2 Å². The quantitative estimate of drug-likeness (QED) is 0.939. The molecule has 0 aliphatic heterocycles. The number of benzene rings is 1. The fourth-order valence-electron chi connectivity index (χ4n) is 2.40. The molecule has 5 nitrogen and oxygen atoms in total. The number of hydrogen-bond donors (Lipinski definition) is 1. The molecule has 1 aliphatic rings. The third-order valence-electron chi connectivity index (χ3n) is 3.50. The molecule has 0 saturated heterocycles. The van der Waals surface area contributed by atoms with Gasteiger partial charge in [-0.25, -0.2) is 0 Å². The van der Waals surface area contributed by atoms with Gasteiger partial charge in [-0.15, -0.1) is 12.4 Å². The van der Waals surface area contributed by atoms with Crippen molar-refractivity contribution in [2.45, 2.75) is 37.8 Å². The van der Waals surface area contributed by atoms with Gasteiger partial charge < -0.3 is 15.0 Å². The van der Waals surface area contributed by atoms with Crippen LogP contribution in [0.4, 0.5) is 0 Å². The molecule has 0 radical (unpaired) electrons. The summed E-state index contributed by atoms with van der Waals surface area (Å²) in [5, 5.41) is 3.93. The highest BCUT2D eigenvalue weighted by atomic mass is 35.5. The normalized spacial score (nSPS) is 16.6. The Balaban J connectivity index is 0.00000147. The summed E-state index contributed by atoms with van der Waals surface area (Å²) in [7, 11) is 0. The van der Waals surface area contributed by atoms with Gasteiger partial charge in [-0.05, 0) is 25.0 Å². The fraction of sp³-hybridized carbons (Fsp3) is 0.429. The van der Waals surface area contributed by atoms with Gasteiger partial charge in [0.25, 0.3) is 0 Å². The van der Waals surface area contributed by atoms with Crippen molar-refractivity contribution in [3.8, 4) is 5.75 Å². The highest BCUT2D eigenvalue weighted by Gasteiger charge is 2.36. The molecule has 6 heteroatoms. The molecule has 2 N–H and O–H groups in total. The zero-order chi connectivity index (χ0) is 13.1. The molecule has 0 bridgehead atoms. The SMILES string of the molecule is Cl.NC1(c2nc(COc3ccccc3)no2)CCCC1. The molecule has 20 heavy (non-hydrogen) atoms. The summed E-state index contributed by atoms with van der Waals surface area (Å²) >= 11 is 0. The lowest BCUT2D eigenvalue weighted by molar-refractivity contribution is 0.269. The van der Waals surface area contributed by atoms with Crippen LogP contribution in [-0.4, -0.2) is 10.1 Å². The van der Waals surface area contributed by atoms with E-state index in [4.69, 9.17) is 15.0 Å². The van der Waals surface area contributed by atoms with E-state index in [-0.39, 0.29) is 12.4 Å². The average molecular weight is 296 g/mol. The number of rotatable bonds is 4. The van der Waals surface area contributed by atoms with Crippen molar-refractivity contribution in [1.82, 2.24) is 10.1 Å². The highest BCUT2D eigenvalue weighted by molar-refractivity contribution is 5.85. The van der Waals surface area contributed by atoms with E-state index >= 15 is 0 Å². The van der Waals surface area contributed by atoms with E-state index in [9.17, 15) is 0 Å². The molecule has 3 rings (SSSR count). The number of hydrogen-bond acceptors (Lipinski definition) is 5. The van der Waals surface area contributed by atoms with Gasteiger partial charge in [0.15, 0.2) is 6.61 Å². The van der Waals surface area contributed by atoms with Crippen molar-refractivity contribution in [2.24, 2.45) is 5.73 Å². The zero-order valence-electron chi connectivity index (χ0n) is 11.1. The molecule has 0 unspecified atom stereocenters. The molecule has 108 valence electrons. The average Bonchev–Trinajstić information content (AvgIpc) is 3.07. The minimum Gasteiger partial charge on any atom is -0.485 e. The van der Waals surface area contributed by atoms with Gasteiger partial charge >= 0.3 is 0 Å². The minimum absolute atomic E-state index is 0. The smallest absolute Gasteiger partial charge is 0.246 e. The van der Waals surface area contributed by atoms with Crippen molar-refractivity contribution in [2.75, 3.05) is 0 Å². The van der Waals surface area contributed by atoms with Crippen LogP contribution in [0.1, 0.15) is 37.4 Å². The van der Waals surface area contributed by atoms with E-state index in [0.29, 0.717) is 18.3 Å². The summed E-state index contributed by atoms with van der Waals surface area (Å²) in [4.78, 5) is 4.35. The number of para-hydroxylation sites is 1. The second kappa shape index (κ2) is 6.24. The highest BCUT2D eigenvalue weighted by Crippen LogP contribution is 2.35. The van der Waals surface area contributed by atoms with Crippen LogP contribution >= 0.6 is 12.4 Å². The van der Waals surface area contributed by atoms with E-state index < -0.39 is 5.54 Å². The largest absolute Gasteiger partial charge is 0.485 e. The monoisotopic (exact) mass is 295 g/mol. The fourth-order valence-corrected chi connectivity index (χ4v) is 2.40. The van der Waals surface area contributed by atoms with Crippen LogP contribution in [0, 0.1) is 0 Å². The predicted octanol–water partition coefficient (Wildman–Crippen LogP) is 2.80. The van der Waals surface area contributed by atoms with Crippen LogP contribution in [-0.2, 0) is 12.1 Å². The summed E-state index contributed by atoms with van der Waals surface area (Å²) in [6.45, 7) is 0.295. The lowest BCUT2D eigenvalue weighted by atomic mass is 9.99. The third kappa shape index (κ3) is 3.11. The van der Waals surface area contributed by atoms with Gasteiger partial charge in [0.05, 0.1) is 5.54 Å². The van der Waals surface area contributed by atoms with Crippen molar-refractivity contribution in [1.29, 1.82) is 0 Å². The summed E-state index contributed by atoms with van der Waals surface area (Å²) < 4.78 is 10.8. The van der Waals surface area contributed by atoms with E-state index in [1.165, 1.54) is 0 Å². The first-order valence-corrected chi connectivity index (χ1v) is 6.56. The first-order chi connectivity index (χ1) is 9.26. The molecule has 1 aromatic carbocycles. The van der Waals surface area contributed by atoms with E-state index in [1.54, 1.807) is 0 Å². The second-order valence-corrected chi connectivity index (χ2v) is 4.98. The summed E-state index contributed by atoms with van der Waals surface area (Å²) in [6.07, 6.45) is 4.06. The first kappa shape index (κ1) is 14.8. The lowest BCUT2D eigenvalue weighted by Crippen LogP contribution is -2.33. The van der Waals surface area contributed by atoms with E-state index in [1.807, 2.05) is 30.3 Å². The molecule has 0 spiro atoms. The Morgan fingerprint density at radius 1 is 1.20 bits per heavy atom. The zero-order valence-corrected chi connectivity index (χ0v) is 11.9. The van der Waals surface area contributed by atoms with Crippen LogP contribution in [0.5, 0.6) is 5.75 Å². The minimum atomic E-state index is -0.433. The standard InChI is InChI=1S/C14H17N3O2.ClH/c15-14(8-4-5-9-14)13-16-12(17-19-13)10-18-11-6-2-1-3-7-11;/h1-3,6-7H,4-5,8-10,15H2;1H. The number of ether oxygens (including phenoxy) is 1. The first-order valence-electron chi connectivity index (χ1n) is 6.56. The van der Waals surface area contributed by atoms with Crippen LogP contribution in [0.15, 0.2) is 34.9 Å². The predicted molar refractivity (Wildman–Crippen MR) is 76.7 cm³/mol. The van der Waals surface area contributed by atoms with Crippen LogP contribution < -0.4 is 10.5 Å². The summed E-state index contributed by atoms with van der Waals surface area (Å²) in [6, 6.07) is 9.57. The van der Waals surface area contributed by atoms with Crippen LogP contribution in [0.25, 0.3) is 0 Å². The number of halogens is 1. The van der Waals surface area contributed by atoms with Gasteiger partial charge in [-0.3, -0.25) is 0 Å². The van der Waals surface area contributed by atoms with Gasteiger partial charge in [0.1, 0.15) is 5.75 Å². The van der Waals surface area contributed by atoms with E-state index in [2.05, 4.69) is 10.1 Å². The molecular weight excluding hydrogens is 278 g/mol. The molecule has 1 aliphatic carbocycles. The maximum Gasteiger partial charge on any atom is 0.246 e. The lowest BCUT2D eigenvalue weighted by Gasteiger charge is -2.17. The number of aromatic nitrogens is 2. The topological polar surface area (TPSA) is 74.2 Å². The number of nitrogens with two attached hydrogens (primary N) is 1. The van der Waals surface area contributed by atoms with Gasteiger partial charge in [0.2, 0.25) is 11.7 Å². The van der Waals surface area contributed by atoms with Crippen molar-refractivity contribution in [3.63, 3.8) is 0 Å². The molecule has 0 atom stereocenters. The Labute approximate surface area is 123 Å². The van der Waals surface area contributed by atoms with Crippen LogP contribution in [0.2, 0.25) is 0 Å². The molecular formula is C14H18ClN3O2. The Kier molecular flexibility index (Phi) is 4.62. The summed E-state index contributed by atoms with van der Waals surface area (Å²) in [5.74, 6) is 1.87. The molecule has 1 aromatic heterocycles. The molecule has 1 heterocycles. The Hall–Kier alpha value is -1.59. The van der Waals surface area contributed by atoms with Crippen molar-refractivity contribution < 1.29 is 9.26 Å². The Bertz CT molecular complexity index is 538. The van der Waals surface area contributed by atoms with Gasteiger partial charge in [0, 0.05) is 0 Å². The maximum absolute atomic E-state index is 6.26. The van der Waals surface area contributed by atoms with Crippen molar-refractivity contribution in [3.05, 3.63) is 42.0 Å². The Morgan fingerprint density at radius 3 is 2.60 bits per heavy atom. The van der Waals surface area contributed by atoms with Crippen LogP contribution in [0.3, 0.4) is 0 Å². The third-order valence-corrected chi connectivity index (χ3v) is 3.50. The molecule has 0 amide bonds. The number of nitrogens with zero attached hydrogens (tertiary/aromatic N) is 2. The molecule has 1 fully saturated rings. The summed E-state index contributed by atoms with van der Waals surface area (Å²) in [5.41, 5.74) is 5.83. The second-order valence-electron chi connectivity index (χ2n) is 4.98. The Morgan fingerprint density at radius 2 is 1.90 bits per heavy atom. The van der Waals surface area contributed by atoms with E-state index in [0.717, 1.165) is 31.4 Å². The maximum atomic E-state index is 6.26.